The van der Waals surface area contributed by atoms with Gasteiger partial charge in [-0.05, 0) is 53.8 Å². The third-order valence-corrected chi connectivity index (χ3v) is 6.56. The molecule has 3 heterocycles. The summed E-state index contributed by atoms with van der Waals surface area (Å²) in [4.78, 5) is 14.8. The summed E-state index contributed by atoms with van der Waals surface area (Å²) in [5.74, 6) is 0.123. The van der Waals surface area contributed by atoms with Gasteiger partial charge in [0.05, 0.1) is 11.8 Å². The van der Waals surface area contributed by atoms with Crippen LogP contribution in [0, 0.1) is 5.92 Å². The number of halogens is 1. The summed E-state index contributed by atoms with van der Waals surface area (Å²) in [6.07, 6.45) is 5.45. The van der Waals surface area contributed by atoms with Crippen LogP contribution in [0.25, 0.3) is 6.08 Å². The third-order valence-electron chi connectivity index (χ3n) is 4.57. The van der Waals surface area contributed by atoms with Crippen LogP contribution in [0.2, 0.25) is 0 Å². The van der Waals surface area contributed by atoms with Crippen molar-refractivity contribution >= 4 is 52.0 Å². The normalized spacial score (nSPS) is 25.0. The highest BCUT2D eigenvalue weighted by Crippen LogP contribution is 2.45. The number of carbonyl (C=O) groups is 1. The highest BCUT2D eigenvalue weighted by Gasteiger charge is 2.43. The molecule has 1 fully saturated rings. The Bertz CT molecular complexity index is 780. The van der Waals surface area contributed by atoms with Gasteiger partial charge in [0, 0.05) is 15.7 Å². The molecule has 0 aromatic carbocycles. The topological polar surface area (TPSA) is 32.7 Å². The van der Waals surface area contributed by atoms with Crippen LogP contribution in [0.5, 0.6) is 0 Å². The van der Waals surface area contributed by atoms with Crippen LogP contribution in [-0.2, 0) is 4.79 Å². The van der Waals surface area contributed by atoms with Gasteiger partial charge >= 0.3 is 0 Å². The first-order valence-electron chi connectivity index (χ1n) is 8.02. The van der Waals surface area contributed by atoms with Crippen LogP contribution in [0.15, 0.2) is 45.7 Å². The summed E-state index contributed by atoms with van der Waals surface area (Å²) in [6.45, 7) is 0. The van der Waals surface area contributed by atoms with E-state index in [1.165, 1.54) is 15.3 Å². The molecule has 1 saturated carbocycles. The van der Waals surface area contributed by atoms with Crippen molar-refractivity contribution in [2.45, 2.75) is 25.3 Å². The first-order valence-corrected chi connectivity index (χ1v) is 10.3. The molecular weight excluding hydrogens is 360 g/mol. The number of hydrogen-bond donors (Lipinski definition) is 0. The Morgan fingerprint density at radius 3 is 2.88 bits per heavy atom. The molecule has 3 nitrogen and oxygen atoms in total. The highest BCUT2D eigenvalue weighted by atomic mass is 35.5. The smallest absolute Gasteiger partial charge is 0.258 e. The molecule has 1 aliphatic heterocycles. The van der Waals surface area contributed by atoms with Crippen molar-refractivity contribution in [2.24, 2.45) is 11.0 Å². The summed E-state index contributed by atoms with van der Waals surface area (Å²) in [5.41, 5.74) is 2.34. The van der Waals surface area contributed by atoms with E-state index in [1.54, 1.807) is 27.7 Å². The van der Waals surface area contributed by atoms with E-state index in [-0.39, 0.29) is 23.7 Å². The predicted molar refractivity (Wildman–Crippen MR) is 102 cm³/mol. The molecule has 2 aromatic rings. The van der Waals surface area contributed by atoms with Crippen LogP contribution in [0.3, 0.4) is 0 Å². The monoisotopic (exact) mass is 376 g/mol. The van der Waals surface area contributed by atoms with Crippen molar-refractivity contribution in [3.8, 4) is 0 Å². The minimum Gasteiger partial charge on any atom is -0.272 e. The second-order valence-electron chi connectivity index (χ2n) is 6.00. The van der Waals surface area contributed by atoms with Gasteiger partial charge < -0.3 is 0 Å². The molecule has 4 rings (SSSR count). The van der Waals surface area contributed by atoms with Gasteiger partial charge in [0.25, 0.3) is 5.91 Å². The molecule has 1 aliphatic carbocycles. The summed E-state index contributed by atoms with van der Waals surface area (Å²) in [6, 6.07) is 8.31. The van der Waals surface area contributed by atoms with Crippen LogP contribution in [-0.4, -0.2) is 22.5 Å². The zero-order valence-corrected chi connectivity index (χ0v) is 15.4. The largest absolute Gasteiger partial charge is 0.272 e. The van der Waals surface area contributed by atoms with Crippen LogP contribution < -0.4 is 0 Å². The van der Waals surface area contributed by atoms with Gasteiger partial charge in [-0.15, -0.1) is 34.3 Å². The van der Waals surface area contributed by atoms with E-state index in [4.69, 9.17) is 16.7 Å². The Balaban J connectivity index is 1.74. The molecule has 2 aromatic heterocycles. The van der Waals surface area contributed by atoms with E-state index in [0.717, 1.165) is 25.0 Å². The fourth-order valence-electron chi connectivity index (χ4n) is 3.55. The third kappa shape index (κ3) is 2.85. The molecule has 0 radical (unpaired) electrons. The van der Waals surface area contributed by atoms with Gasteiger partial charge in [-0.25, -0.2) is 5.01 Å². The minimum atomic E-state index is -0.118. The second kappa shape index (κ2) is 6.82. The number of hydrogen-bond acceptors (Lipinski definition) is 4. The number of thiophene rings is 2. The highest BCUT2D eigenvalue weighted by molar-refractivity contribution is 7.11. The van der Waals surface area contributed by atoms with Crippen molar-refractivity contribution in [1.82, 2.24) is 5.01 Å². The number of carbonyl (C=O) groups excluding carboxylic acids is 1. The van der Waals surface area contributed by atoms with Crippen molar-refractivity contribution in [1.29, 1.82) is 0 Å². The van der Waals surface area contributed by atoms with E-state index < -0.39 is 0 Å². The Morgan fingerprint density at radius 2 is 2.17 bits per heavy atom. The van der Waals surface area contributed by atoms with E-state index in [0.29, 0.717) is 0 Å². The van der Waals surface area contributed by atoms with E-state index in [1.807, 2.05) is 6.07 Å². The van der Waals surface area contributed by atoms with Gasteiger partial charge in [-0.2, -0.15) is 5.10 Å². The van der Waals surface area contributed by atoms with E-state index in [2.05, 4.69) is 35.0 Å². The lowest BCUT2D eigenvalue weighted by Gasteiger charge is -2.28. The molecule has 0 N–H and O–H groups in total. The molecule has 1 amide bonds. The Hall–Kier alpha value is -1.43. The Labute approximate surface area is 154 Å². The summed E-state index contributed by atoms with van der Waals surface area (Å²) in [7, 11) is 0. The first kappa shape index (κ1) is 16.1. The van der Waals surface area contributed by atoms with E-state index in [9.17, 15) is 4.79 Å². The van der Waals surface area contributed by atoms with Crippen molar-refractivity contribution in [2.75, 3.05) is 5.88 Å². The van der Waals surface area contributed by atoms with Crippen molar-refractivity contribution in [3.05, 3.63) is 50.4 Å². The molecule has 2 aliphatic rings. The number of alkyl halides is 1. The van der Waals surface area contributed by atoms with Gasteiger partial charge in [0.2, 0.25) is 0 Å². The number of amides is 1. The standard InChI is InChI=1S/C18H17ClN2OS2/c19-11-16(22)21-18(15-7-3-9-24-15)14-6-1-4-12(17(14)20-21)10-13-5-2-8-23-13/h2-3,5,7-10,14,18H,1,4,6,11H2/b12-10+/t14-,18+/m0/s1. The molecule has 6 heteroatoms. The number of fused-ring (bicyclic) bond motifs is 1. The average Bonchev–Trinajstić information content (AvgIpc) is 3.33. The Morgan fingerprint density at radius 1 is 1.33 bits per heavy atom. The second-order valence-corrected chi connectivity index (χ2v) is 8.23. The molecular formula is C18H17ClN2OS2. The predicted octanol–water partition coefficient (Wildman–Crippen LogP) is 5.17. The zero-order valence-electron chi connectivity index (χ0n) is 13.0. The summed E-state index contributed by atoms with van der Waals surface area (Å²) < 4.78 is 0. The van der Waals surface area contributed by atoms with Gasteiger partial charge in [0.15, 0.2) is 0 Å². The Kier molecular flexibility index (Phi) is 4.57. The lowest BCUT2D eigenvalue weighted by Crippen LogP contribution is -2.31. The first-order chi connectivity index (χ1) is 11.8. The van der Waals surface area contributed by atoms with Crippen LogP contribution >= 0.6 is 34.3 Å². The maximum Gasteiger partial charge on any atom is 0.258 e. The van der Waals surface area contributed by atoms with Crippen molar-refractivity contribution in [3.63, 3.8) is 0 Å². The molecule has 0 unspecified atom stereocenters. The number of rotatable bonds is 3. The maximum absolute atomic E-state index is 12.4. The quantitative estimate of drug-likeness (QED) is 0.680. The fourth-order valence-corrected chi connectivity index (χ4v) is 5.23. The fraction of sp³-hybridized carbons (Fsp3) is 0.333. The minimum absolute atomic E-state index is 0.00159. The van der Waals surface area contributed by atoms with Crippen LogP contribution in [0.1, 0.15) is 35.1 Å². The molecule has 24 heavy (non-hydrogen) atoms. The molecule has 0 spiro atoms. The van der Waals surface area contributed by atoms with Crippen molar-refractivity contribution < 1.29 is 4.79 Å². The lowest BCUT2D eigenvalue weighted by atomic mass is 9.79. The number of hydrazone groups is 1. The number of nitrogens with zero attached hydrogens (tertiary/aromatic N) is 2. The molecule has 0 bridgehead atoms. The van der Waals surface area contributed by atoms with Gasteiger partial charge in [0.1, 0.15) is 5.88 Å². The van der Waals surface area contributed by atoms with Gasteiger partial charge in [-0.3, -0.25) is 4.79 Å². The zero-order chi connectivity index (χ0) is 16.5. The average molecular weight is 377 g/mol. The molecule has 124 valence electrons. The summed E-state index contributed by atoms with van der Waals surface area (Å²) in [5, 5.41) is 10.5. The van der Waals surface area contributed by atoms with Crippen LogP contribution in [0.4, 0.5) is 0 Å². The number of allylic oxidation sites excluding steroid dienone is 1. The van der Waals surface area contributed by atoms with Gasteiger partial charge in [-0.1, -0.05) is 12.1 Å². The molecule has 2 atom stereocenters. The SMILES string of the molecule is O=C(CCl)N1N=C2/C(=C/c3cccs3)CCC[C@@H]2[C@@H]1c1cccs1. The lowest BCUT2D eigenvalue weighted by molar-refractivity contribution is -0.130. The summed E-state index contributed by atoms with van der Waals surface area (Å²) >= 11 is 9.25. The van der Waals surface area contributed by atoms with E-state index >= 15 is 0 Å². The maximum atomic E-state index is 12.4. The molecule has 0 saturated heterocycles.